The topological polar surface area (TPSA) is 49.4 Å². The minimum Gasteiger partial charge on any atom is -0.299 e. The SMILES string of the molecule is O=S(=O)(Nc1ccc(CN2CCCCC2)cc1)c1cc(Cl)c(Cl)cc1Cl. The summed E-state index contributed by atoms with van der Waals surface area (Å²) in [5.74, 6) is 0. The number of hydrogen-bond acceptors (Lipinski definition) is 3. The lowest BCUT2D eigenvalue weighted by Gasteiger charge is -2.26. The third kappa shape index (κ3) is 4.84. The van der Waals surface area contributed by atoms with Crippen molar-refractivity contribution in [1.82, 2.24) is 4.90 Å². The van der Waals surface area contributed by atoms with Gasteiger partial charge in [0, 0.05) is 12.2 Å². The van der Waals surface area contributed by atoms with Gasteiger partial charge in [-0.3, -0.25) is 9.62 Å². The largest absolute Gasteiger partial charge is 0.299 e. The van der Waals surface area contributed by atoms with E-state index in [1.807, 2.05) is 12.1 Å². The quantitative estimate of drug-likeness (QED) is 0.639. The van der Waals surface area contributed by atoms with E-state index < -0.39 is 10.0 Å². The van der Waals surface area contributed by atoms with Crippen LogP contribution < -0.4 is 4.72 Å². The molecule has 0 amide bonds. The Hall–Kier alpha value is -0.980. The summed E-state index contributed by atoms with van der Waals surface area (Å²) >= 11 is 17.8. The predicted octanol–water partition coefficient (Wildman–Crippen LogP) is 5.43. The van der Waals surface area contributed by atoms with Gasteiger partial charge in [-0.15, -0.1) is 0 Å². The van der Waals surface area contributed by atoms with Crippen molar-refractivity contribution in [3.63, 3.8) is 0 Å². The Morgan fingerprint density at radius 2 is 1.50 bits per heavy atom. The van der Waals surface area contributed by atoms with Crippen molar-refractivity contribution in [3.8, 4) is 0 Å². The molecule has 0 saturated carbocycles. The monoisotopic (exact) mass is 432 g/mol. The number of rotatable bonds is 5. The van der Waals surface area contributed by atoms with Crippen molar-refractivity contribution in [2.75, 3.05) is 17.8 Å². The fourth-order valence-electron chi connectivity index (χ4n) is 2.97. The highest BCUT2D eigenvalue weighted by molar-refractivity contribution is 7.92. The molecule has 0 radical (unpaired) electrons. The zero-order valence-corrected chi connectivity index (χ0v) is 17.1. The van der Waals surface area contributed by atoms with Crippen molar-refractivity contribution in [2.24, 2.45) is 0 Å². The Morgan fingerprint density at radius 3 is 2.15 bits per heavy atom. The average molecular weight is 434 g/mol. The van der Waals surface area contributed by atoms with Crippen molar-refractivity contribution in [1.29, 1.82) is 0 Å². The van der Waals surface area contributed by atoms with Gasteiger partial charge in [-0.2, -0.15) is 0 Å². The number of sulfonamides is 1. The zero-order valence-electron chi connectivity index (χ0n) is 14.0. The van der Waals surface area contributed by atoms with E-state index in [4.69, 9.17) is 34.8 Å². The minimum absolute atomic E-state index is 0.0219. The Bertz CT molecular complexity index is 880. The molecule has 1 aliphatic rings. The molecule has 1 fully saturated rings. The number of piperidine rings is 1. The number of likely N-dealkylation sites (tertiary alicyclic amines) is 1. The summed E-state index contributed by atoms with van der Waals surface area (Å²) in [7, 11) is -3.86. The van der Waals surface area contributed by atoms with Crippen LogP contribution in [0.5, 0.6) is 0 Å². The van der Waals surface area contributed by atoms with Crippen LogP contribution in [0.1, 0.15) is 24.8 Å². The van der Waals surface area contributed by atoms with Gasteiger partial charge >= 0.3 is 0 Å². The Balaban J connectivity index is 1.72. The molecule has 4 nitrogen and oxygen atoms in total. The average Bonchev–Trinajstić information content (AvgIpc) is 2.60. The zero-order chi connectivity index (χ0) is 18.7. The normalized spacial score (nSPS) is 15.8. The summed E-state index contributed by atoms with van der Waals surface area (Å²) in [6.45, 7) is 3.11. The first-order chi connectivity index (χ1) is 12.3. The van der Waals surface area contributed by atoms with Crippen molar-refractivity contribution < 1.29 is 8.42 Å². The number of hydrogen-bond donors (Lipinski definition) is 1. The molecule has 1 heterocycles. The molecule has 0 spiro atoms. The van der Waals surface area contributed by atoms with Crippen molar-refractivity contribution in [3.05, 3.63) is 57.0 Å². The maximum absolute atomic E-state index is 12.6. The molecule has 1 N–H and O–H groups in total. The molecule has 8 heteroatoms. The lowest BCUT2D eigenvalue weighted by atomic mass is 10.1. The van der Waals surface area contributed by atoms with Crippen LogP contribution in [-0.4, -0.2) is 26.4 Å². The van der Waals surface area contributed by atoms with Gasteiger partial charge in [0.15, 0.2) is 0 Å². The summed E-state index contributed by atoms with van der Waals surface area (Å²) in [6.07, 6.45) is 3.78. The maximum Gasteiger partial charge on any atom is 0.263 e. The molecule has 0 aliphatic carbocycles. The van der Waals surface area contributed by atoms with Gasteiger partial charge in [-0.25, -0.2) is 8.42 Å². The van der Waals surface area contributed by atoms with Crippen LogP contribution in [0.4, 0.5) is 5.69 Å². The van der Waals surface area contributed by atoms with Gasteiger partial charge in [0.25, 0.3) is 10.0 Å². The first-order valence-electron chi connectivity index (χ1n) is 8.34. The fraction of sp³-hybridized carbons (Fsp3) is 0.333. The van der Waals surface area contributed by atoms with E-state index in [2.05, 4.69) is 9.62 Å². The second-order valence-electron chi connectivity index (χ2n) is 6.34. The van der Waals surface area contributed by atoms with Gasteiger partial charge in [0.1, 0.15) is 4.90 Å². The third-order valence-electron chi connectivity index (χ3n) is 4.33. The highest BCUT2D eigenvalue weighted by Crippen LogP contribution is 2.32. The maximum atomic E-state index is 12.6. The molecular weight excluding hydrogens is 415 g/mol. The van der Waals surface area contributed by atoms with Crippen LogP contribution in [0.3, 0.4) is 0 Å². The molecule has 0 unspecified atom stereocenters. The molecule has 0 bridgehead atoms. The highest BCUT2D eigenvalue weighted by Gasteiger charge is 2.20. The smallest absolute Gasteiger partial charge is 0.263 e. The highest BCUT2D eigenvalue weighted by atomic mass is 35.5. The minimum atomic E-state index is -3.86. The van der Waals surface area contributed by atoms with Gasteiger partial charge < -0.3 is 0 Å². The van der Waals surface area contributed by atoms with Crippen molar-refractivity contribution in [2.45, 2.75) is 30.7 Å². The summed E-state index contributed by atoms with van der Waals surface area (Å²) in [5, 5.41) is 0.361. The second kappa shape index (κ2) is 8.36. The number of halogens is 3. The van der Waals surface area contributed by atoms with Crippen LogP contribution in [0.2, 0.25) is 15.1 Å². The number of benzene rings is 2. The van der Waals surface area contributed by atoms with Crippen LogP contribution in [0, 0.1) is 0 Å². The Labute approximate surface area is 169 Å². The van der Waals surface area contributed by atoms with Crippen LogP contribution >= 0.6 is 34.8 Å². The molecule has 26 heavy (non-hydrogen) atoms. The summed E-state index contributed by atoms with van der Waals surface area (Å²) in [4.78, 5) is 2.31. The third-order valence-corrected chi connectivity index (χ3v) is 6.89. The van der Waals surface area contributed by atoms with E-state index in [1.165, 1.54) is 31.4 Å². The molecule has 140 valence electrons. The van der Waals surface area contributed by atoms with Crippen LogP contribution in [0.25, 0.3) is 0 Å². The first-order valence-corrected chi connectivity index (χ1v) is 11.0. The molecule has 2 aromatic carbocycles. The molecule has 3 rings (SSSR count). The molecule has 0 aromatic heterocycles. The molecule has 1 saturated heterocycles. The Morgan fingerprint density at radius 1 is 0.885 bits per heavy atom. The Kier molecular flexibility index (Phi) is 6.36. The van der Waals surface area contributed by atoms with Crippen LogP contribution in [-0.2, 0) is 16.6 Å². The van der Waals surface area contributed by atoms with E-state index >= 15 is 0 Å². The summed E-state index contributed by atoms with van der Waals surface area (Å²) < 4.78 is 27.7. The van der Waals surface area contributed by atoms with E-state index in [-0.39, 0.29) is 20.0 Å². The number of anilines is 1. The summed E-state index contributed by atoms with van der Waals surface area (Å²) in [6, 6.07) is 9.94. The lowest BCUT2D eigenvalue weighted by Crippen LogP contribution is -2.29. The molecule has 1 aliphatic heterocycles. The van der Waals surface area contributed by atoms with E-state index in [1.54, 1.807) is 12.1 Å². The second-order valence-corrected chi connectivity index (χ2v) is 9.21. The van der Waals surface area contributed by atoms with E-state index in [9.17, 15) is 8.42 Å². The first kappa shape index (κ1) is 19.8. The van der Waals surface area contributed by atoms with Gasteiger partial charge in [0.05, 0.1) is 15.1 Å². The van der Waals surface area contributed by atoms with Gasteiger partial charge in [-0.05, 0) is 55.8 Å². The van der Waals surface area contributed by atoms with E-state index in [0.29, 0.717) is 5.69 Å². The fourth-order valence-corrected chi connectivity index (χ4v) is 5.04. The van der Waals surface area contributed by atoms with Crippen molar-refractivity contribution >= 4 is 50.5 Å². The van der Waals surface area contributed by atoms with E-state index in [0.717, 1.165) is 25.2 Å². The summed E-state index contributed by atoms with van der Waals surface area (Å²) in [5.41, 5.74) is 1.62. The lowest BCUT2D eigenvalue weighted by molar-refractivity contribution is 0.221. The molecule has 0 atom stereocenters. The van der Waals surface area contributed by atoms with Gasteiger partial charge in [0.2, 0.25) is 0 Å². The van der Waals surface area contributed by atoms with Gasteiger partial charge in [-0.1, -0.05) is 53.4 Å². The standard InChI is InChI=1S/C18H19Cl3N2O2S/c19-15-10-17(21)18(11-16(15)20)26(24,25)22-14-6-4-13(5-7-14)12-23-8-2-1-3-9-23/h4-7,10-11,22H,1-3,8-9,12H2. The number of nitrogens with zero attached hydrogens (tertiary/aromatic N) is 1. The molecular formula is C18H19Cl3N2O2S. The number of nitrogens with one attached hydrogen (secondary N) is 1. The van der Waals surface area contributed by atoms with Crippen LogP contribution in [0.15, 0.2) is 41.3 Å². The molecule has 2 aromatic rings. The predicted molar refractivity (Wildman–Crippen MR) is 108 cm³/mol.